The van der Waals surface area contributed by atoms with Crippen LogP contribution in [0.2, 0.25) is 5.54 Å². The Bertz CT molecular complexity index is 276. The van der Waals surface area contributed by atoms with Crippen molar-refractivity contribution in [1.29, 1.82) is 0 Å². The van der Waals surface area contributed by atoms with Gasteiger partial charge >= 0.3 is 21.2 Å². The molecule has 3 atom stereocenters. The van der Waals surface area contributed by atoms with Crippen molar-refractivity contribution in [3.8, 4) is 0 Å². The van der Waals surface area contributed by atoms with Gasteiger partial charge in [-0.1, -0.05) is 20.3 Å². The standard InChI is InChI=1S/C10H18O5Si/c1-5-7(16(13-3)14-4)8-6(2)9(11)15-10(8)12/h6-8,16H,5H2,1-4H3. The number of hydrogen-bond acceptors (Lipinski definition) is 5. The number of ether oxygens (including phenoxy) is 1. The van der Waals surface area contributed by atoms with Crippen LogP contribution in [0.5, 0.6) is 0 Å². The normalized spacial score (nSPS) is 27.3. The largest absolute Gasteiger partial charge is 0.400 e. The Morgan fingerprint density at radius 3 is 2.19 bits per heavy atom. The Hall–Kier alpha value is -0.723. The molecule has 0 amide bonds. The van der Waals surface area contributed by atoms with Crippen LogP contribution < -0.4 is 0 Å². The molecule has 1 rings (SSSR count). The Morgan fingerprint density at radius 2 is 1.88 bits per heavy atom. The minimum atomic E-state index is -1.92. The molecule has 0 aromatic heterocycles. The summed E-state index contributed by atoms with van der Waals surface area (Å²) in [5.74, 6) is -1.67. The van der Waals surface area contributed by atoms with Crippen LogP contribution in [0.1, 0.15) is 20.3 Å². The molecule has 0 bridgehead atoms. The van der Waals surface area contributed by atoms with Gasteiger partial charge in [-0.15, -0.1) is 0 Å². The van der Waals surface area contributed by atoms with Gasteiger partial charge in [-0.3, -0.25) is 9.59 Å². The van der Waals surface area contributed by atoms with Gasteiger partial charge in [-0.05, 0) is 0 Å². The van der Waals surface area contributed by atoms with Crippen molar-refractivity contribution in [2.75, 3.05) is 14.2 Å². The number of carbonyl (C=O) groups excluding carboxylic acids is 2. The molecule has 0 N–H and O–H groups in total. The van der Waals surface area contributed by atoms with Crippen LogP contribution in [0.4, 0.5) is 0 Å². The third kappa shape index (κ3) is 2.33. The summed E-state index contributed by atoms with van der Waals surface area (Å²) in [6.45, 7) is 3.68. The van der Waals surface area contributed by atoms with Gasteiger partial charge in [0.05, 0.1) is 11.8 Å². The summed E-state index contributed by atoms with van der Waals surface area (Å²) in [5, 5.41) is 0. The predicted molar refractivity (Wildman–Crippen MR) is 59.0 cm³/mol. The minimum Gasteiger partial charge on any atom is -0.400 e. The summed E-state index contributed by atoms with van der Waals surface area (Å²) in [5.41, 5.74) is -0.0241. The maximum atomic E-state index is 11.6. The zero-order chi connectivity index (χ0) is 12.3. The Labute approximate surface area is 96.9 Å². The van der Waals surface area contributed by atoms with E-state index in [4.69, 9.17) is 8.85 Å². The molecule has 1 heterocycles. The molecule has 5 nitrogen and oxygen atoms in total. The molecule has 6 heteroatoms. The zero-order valence-corrected chi connectivity index (χ0v) is 11.2. The highest BCUT2D eigenvalue weighted by Gasteiger charge is 2.48. The number of rotatable bonds is 5. The highest BCUT2D eigenvalue weighted by atomic mass is 28.3. The van der Waals surface area contributed by atoms with Gasteiger partial charge in [0, 0.05) is 19.8 Å². The smallest absolute Gasteiger partial charge is 0.324 e. The molecule has 0 aromatic rings. The average molecular weight is 246 g/mol. The van der Waals surface area contributed by atoms with Crippen LogP contribution in [0.15, 0.2) is 0 Å². The van der Waals surface area contributed by atoms with E-state index in [1.807, 2.05) is 6.92 Å². The first-order valence-electron chi connectivity index (χ1n) is 5.37. The van der Waals surface area contributed by atoms with Gasteiger partial charge in [-0.2, -0.15) is 0 Å². The number of carbonyl (C=O) groups is 2. The van der Waals surface area contributed by atoms with Gasteiger partial charge in [0.15, 0.2) is 0 Å². The van der Waals surface area contributed by atoms with E-state index in [0.717, 1.165) is 6.42 Å². The molecule has 0 saturated carbocycles. The van der Waals surface area contributed by atoms with Crippen LogP contribution in [-0.4, -0.2) is 35.4 Å². The summed E-state index contributed by atoms with van der Waals surface area (Å²) >= 11 is 0. The predicted octanol–water partition coefficient (Wildman–Crippen LogP) is 0.616. The Kier molecular flexibility index (Phi) is 4.64. The van der Waals surface area contributed by atoms with Gasteiger partial charge in [-0.25, -0.2) is 0 Å². The maximum absolute atomic E-state index is 11.6. The molecule has 16 heavy (non-hydrogen) atoms. The van der Waals surface area contributed by atoms with Crippen LogP contribution in [0.3, 0.4) is 0 Å². The highest BCUT2D eigenvalue weighted by Crippen LogP contribution is 2.37. The second kappa shape index (κ2) is 5.56. The van der Waals surface area contributed by atoms with Crippen molar-refractivity contribution in [3.63, 3.8) is 0 Å². The Balaban J connectivity index is 2.87. The van der Waals surface area contributed by atoms with Crippen molar-refractivity contribution in [2.45, 2.75) is 25.8 Å². The topological polar surface area (TPSA) is 61.8 Å². The summed E-state index contributed by atoms with van der Waals surface area (Å²) in [7, 11) is 1.24. The van der Waals surface area contributed by atoms with E-state index in [1.165, 1.54) is 0 Å². The van der Waals surface area contributed by atoms with E-state index in [1.54, 1.807) is 21.1 Å². The quantitative estimate of drug-likeness (QED) is 0.404. The number of cyclic esters (lactones) is 2. The van der Waals surface area contributed by atoms with Crippen molar-refractivity contribution in [3.05, 3.63) is 0 Å². The Morgan fingerprint density at radius 1 is 1.31 bits per heavy atom. The van der Waals surface area contributed by atoms with Gasteiger partial charge in [0.2, 0.25) is 0 Å². The molecule has 1 aliphatic rings. The molecule has 1 fully saturated rings. The van der Waals surface area contributed by atoms with E-state index in [0.29, 0.717) is 0 Å². The lowest BCUT2D eigenvalue weighted by Gasteiger charge is -2.25. The molecule has 0 aromatic carbocycles. The summed E-state index contributed by atoms with van der Waals surface area (Å²) in [4.78, 5) is 22.9. The fraction of sp³-hybridized carbons (Fsp3) is 0.800. The zero-order valence-electron chi connectivity index (χ0n) is 10.1. The third-order valence-corrected chi connectivity index (χ3v) is 5.65. The fourth-order valence-electron chi connectivity index (χ4n) is 2.22. The molecule has 3 unspecified atom stereocenters. The summed E-state index contributed by atoms with van der Waals surface area (Å²) in [6, 6.07) is 0. The van der Waals surface area contributed by atoms with E-state index in [9.17, 15) is 9.59 Å². The van der Waals surface area contributed by atoms with Crippen LogP contribution >= 0.6 is 0 Å². The van der Waals surface area contributed by atoms with Crippen LogP contribution in [0, 0.1) is 11.8 Å². The van der Waals surface area contributed by atoms with Gasteiger partial charge < -0.3 is 13.6 Å². The molecular formula is C10H18O5Si. The van der Waals surface area contributed by atoms with Crippen molar-refractivity contribution >= 4 is 21.2 Å². The lowest BCUT2D eigenvalue weighted by molar-refractivity contribution is -0.153. The molecular weight excluding hydrogens is 228 g/mol. The molecule has 1 saturated heterocycles. The average Bonchev–Trinajstić information content (AvgIpc) is 2.51. The first-order valence-corrected chi connectivity index (χ1v) is 6.98. The summed E-state index contributed by atoms with van der Waals surface area (Å²) in [6.07, 6.45) is 0.746. The van der Waals surface area contributed by atoms with E-state index in [2.05, 4.69) is 4.74 Å². The van der Waals surface area contributed by atoms with E-state index >= 15 is 0 Å². The first-order chi connectivity index (χ1) is 7.56. The molecule has 0 radical (unpaired) electrons. The van der Waals surface area contributed by atoms with Crippen molar-refractivity contribution in [1.82, 2.24) is 0 Å². The highest BCUT2D eigenvalue weighted by molar-refractivity contribution is 6.47. The van der Waals surface area contributed by atoms with Gasteiger partial charge in [0.25, 0.3) is 0 Å². The molecule has 0 spiro atoms. The van der Waals surface area contributed by atoms with Crippen LogP contribution in [-0.2, 0) is 23.2 Å². The SMILES string of the molecule is CCC(C1C(=O)OC(=O)C1C)[SiH](OC)OC. The van der Waals surface area contributed by atoms with Crippen LogP contribution in [0.25, 0.3) is 0 Å². The molecule has 92 valence electrons. The second-order valence-electron chi connectivity index (χ2n) is 3.97. The molecule has 1 aliphatic heterocycles. The molecule has 0 aliphatic carbocycles. The fourth-order valence-corrected chi connectivity index (χ4v) is 4.32. The third-order valence-electron chi connectivity index (χ3n) is 3.13. The lowest BCUT2D eigenvalue weighted by Crippen LogP contribution is -2.35. The second-order valence-corrected chi connectivity index (χ2v) is 6.50. The van der Waals surface area contributed by atoms with Crippen molar-refractivity contribution < 1.29 is 23.2 Å². The van der Waals surface area contributed by atoms with Crippen molar-refractivity contribution in [2.24, 2.45) is 11.8 Å². The number of esters is 2. The maximum Gasteiger partial charge on any atom is 0.324 e. The first kappa shape index (κ1) is 13.3. The lowest BCUT2D eigenvalue weighted by atomic mass is 9.92. The van der Waals surface area contributed by atoms with Gasteiger partial charge in [0.1, 0.15) is 0 Å². The monoisotopic (exact) mass is 246 g/mol. The summed E-state index contributed by atoms with van der Waals surface area (Å²) < 4.78 is 15.2. The number of hydrogen-bond donors (Lipinski definition) is 0. The van der Waals surface area contributed by atoms with E-state index in [-0.39, 0.29) is 5.54 Å². The minimum absolute atomic E-state index is 0.0241. The van der Waals surface area contributed by atoms with E-state index < -0.39 is 33.1 Å².